The molecule has 1 fully saturated rings. The molecular weight excluding hydrogens is 419 g/mol. The van der Waals surface area contributed by atoms with Crippen molar-refractivity contribution in [1.82, 2.24) is 15.5 Å². The molecule has 0 radical (unpaired) electrons. The largest absolute Gasteiger partial charge is 0.416 e. The van der Waals surface area contributed by atoms with Crippen molar-refractivity contribution in [2.24, 2.45) is 4.99 Å². The normalized spacial score (nSPS) is 15.0. The van der Waals surface area contributed by atoms with Gasteiger partial charge in [0.25, 0.3) is 5.91 Å². The first-order chi connectivity index (χ1) is 15.3. The van der Waals surface area contributed by atoms with Gasteiger partial charge in [0.2, 0.25) is 0 Å². The van der Waals surface area contributed by atoms with Crippen LogP contribution in [0.1, 0.15) is 21.5 Å². The van der Waals surface area contributed by atoms with Crippen LogP contribution in [0.3, 0.4) is 0 Å². The molecule has 0 atom stereocenters. The maximum absolute atomic E-state index is 13.0. The van der Waals surface area contributed by atoms with Gasteiger partial charge in [-0.05, 0) is 42.3 Å². The minimum absolute atomic E-state index is 0.116. The molecule has 1 aliphatic rings. The van der Waals surface area contributed by atoms with Gasteiger partial charge in [0.05, 0.1) is 5.56 Å². The van der Waals surface area contributed by atoms with Gasteiger partial charge in [0.1, 0.15) is 0 Å². The van der Waals surface area contributed by atoms with Crippen LogP contribution in [0.15, 0.2) is 53.5 Å². The lowest BCUT2D eigenvalue weighted by molar-refractivity contribution is -0.137. The highest BCUT2D eigenvalue weighted by Gasteiger charge is 2.31. The summed E-state index contributed by atoms with van der Waals surface area (Å²) in [5.41, 5.74) is 1.62. The molecule has 32 heavy (non-hydrogen) atoms. The number of benzene rings is 2. The molecular formula is C23H28F3N5O. The van der Waals surface area contributed by atoms with Gasteiger partial charge < -0.3 is 20.4 Å². The highest BCUT2D eigenvalue weighted by molar-refractivity contribution is 5.94. The van der Waals surface area contributed by atoms with Gasteiger partial charge in [-0.15, -0.1) is 0 Å². The number of hydrogen-bond acceptors (Lipinski definition) is 3. The van der Waals surface area contributed by atoms with Crippen molar-refractivity contribution >= 4 is 17.6 Å². The summed E-state index contributed by atoms with van der Waals surface area (Å²) in [4.78, 5) is 20.2. The summed E-state index contributed by atoms with van der Waals surface area (Å²) in [7, 11) is 3.32. The Bertz CT molecular complexity index is 953. The van der Waals surface area contributed by atoms with Crippen molar-refractivity contribution in [1.29, 1.82) is 0 Å². The van der Waals surface area contributed by atoms with Crippen molar-refractivity contribution < 1.29 is 18.0 Å². The lowest BCUT2D eigenvalue weighted by Gasteiger charge is -2.37. The Hall–Kier alpha value is -3.23. The zero-order chi connectivity index (χ0) is 23.1. The molecule has 0 saturated carbocycles. The van der Waals surface area contributed by atoms with Crippen molar-refractivity contribution in [3.05, 3.63) is 65.2 Å². The zero-order valence-corrected chi connectivity index (χ0v) is 18.2. The third-order valence-electron chi connectivity index (χ3n) is 5.44. The second-order valence-electron chi connectivity index (χ2n) is 7.53. The van der Waals surface area contributed by atoms with E-state index in [2.05, 4.69) is 20.5 Å². The first-order valence-corrected chi connectivity index (χ1v) is 10.5. The molecule has 3 rings (SSSR count). The Labute approximate surface area is 186 Å². The number of carbonyl (C=O) groups excluding carboxylic acids is 1. The molecule has 172 valence electrons. The first-order valence-electron chi connectivity index (χ1n) is 10.5. The standard InChI is InChI=1S/C23H28F3N5O/c1-27-21(32)18-6-3-5-17(15-18)9-10-29-22(28-2)31-13-11-30(12-14-31)20-8-4-7-19(16-20)23(24,25)26/h3-8,15-16H,9-14H2,1-2H3,(H,27,32)(H,28,29). The quantitative estimate of drug-likeness (QED) is 0.547. The minimum Gasteiger partial charge on any atom is -0.368 e. The van der Waals surface area contributed by atoms with Gasteiger partial charge >= 0.3 is 6.18 Å². The number of amides is 1. The summed E-state index contributed by atoms with van der Waals surface area (Å²) in [5.74, 6) is 0.644. The number of carbonyl (C=O) groups is 1. The summed E-state index contributed by atoms with van der Waals surface area (Å²) in [6.07, 6.45) is -3.61. The molecule has 0 aromatic heterocycles. The Morgan fingerprint density at radius 2 is 1.78 bits per heavy atom. The summed E-state index contributed by atoms with van der Waals surface area (Å²) in [6, 6.07) is 12.9. The zero-order valence-electron chi connectivity index (χ0n) is 18.2. The van der Waals surface area contributed by atoms with Crippen LogP contribution in [0.5, 0.6) is 0 Å². The van der Waals surface area contributed by atoms with Crippen LogP contribution in [0, 0.1) is 0 Å². The molecule has 0 spiro atoms. The van der Waals surface area contributed by atoms with Gasteiger partial charge in [-0.2, -0.15) is 13.2 Å². The molecule has 1 amide bonds. The second-order valence-corrected chi connectivity index (χ2v) is 7.53. The van der Waals surface area contributed by atoms with Gasteiger partial charge in [-0.1, -0.05) is 18.2 Å². The Morgan fingerprint density at radius 1 is 1.06 bits per heavy atom. The smallest absolute Gasteiger partial charge is 0.368 e. The van der Waals surface area contributed by atoms with E-state index in [1.54, 1.807) is 26.2 Å². The Balaban J connectivity index is 1.52. The maximum Gasteiger partial charge on any atom is 0.416 e. The van der Waals surface area contributed by atoms with Crippen molar-refractivity contribution in [2.45, 2.75) is 12.6 Å². The van der Waals surface area contributed by atoms with E-state index in [1.165, 1.54) is 12.1 Å². The highest BCUT2D eigenvalue weighted by Crippen LogP contribution is 2.31. The predicted octanol–water partition coefficient (Wildman–Crippen LogP) is 3.01. The maximum atomic E-state index is 13.0. The average Bonchev–Trinajstić information content (AvgIpc) is 2.81. The van der Waals surface area contributed by atoms with E-state index in [1.807, 2.05) is 23.1 Å². The number of anilines is 1. The lowest BCUT2D eigenvalue weighted by Crippen LogP contribution is -2.52. The van der Waals surface area contributed by atoms with Gasteiger partial charge in [-0.25, -0.2) is 0 Å². The molecule has 1 saturated heterocycles. The number of halogens is 3. The summed E-state index contributed by atoms with van der Waals surface area (Å²) in [6.45, 7) is 3.17. The van der Waals surface area contributed by atoms with Gasteiger partial charge in [0.15, 0.2) is 5.96 Å². The molecule has 1 aliphatic heterocycles. The molecule has 2 N–H and O–H groups in total. The van der Waals surface area contributed by atoms with Crippen LogP contribution < -0.4 is 15.5 Å². The van der Waals surface area contributed by atoms with Gasteiger partial charge in [-0.3, -0.25) is 9.79 Å². The molecule has 0 bridgehead atoms. The van der Waals surface area contributed by atoms with E-state index in [4.69, 9.17) is 0 Å². The average molecular weight is 448 g/mol. The number of rotatable bonds is 5. The fourth-order valence-corrected chi connectivity index (χ4v) is 3.72. The van der Waals surface area contributed by atoms with E-state index < -0.39 is 11.7 Å². The molecule has 0 aliphatic carbocycles. The predicted molar refractivity (Wildman–Crippen MR) is 120 cm³/mol. The molecule has 0 unspecified atom stereocenters. The fraction of sp³-hybridized carbons (Fsp3) is 0.391. The fourth-order valence-electron chi connectivity index (χ4n) is 3.72. The van der Waals surface area contributed by atoms with Crippen LogP contribution >= 0.6 is 0 Å². The van der Waals surface area contributed by atoms with Crippen molar-refractivity contribution in [3.8, 4) is 0 Å². The molecule has 2 aromatic carbocycles. The number of nitrogens with zero attached hydrogens (tertiary/aromatic N) is 3. The number of alkyl halides is 3. The van der Waals surface area contributed by atoms with Gasteiger partial charge in [0, 0.05) is 58.1 Å². The van der Waals surface area contributed by atoms with E-state index >= 15 is 0 Å². The molecule has 2 aromatic rings. The Morgan fingerprint density at radius 3 is 2.44 bits per heavy atom. The molecule has 6 nitrogen and oxygen atoms in total. The number of hydrogen-bond donors (Lipinski definition) is 2. The van der Waals surface area contributed by atoms with Crippen LogP contribution in [0.25, 0.3) is 0 Å². The number of aliphatic imine (C=N–C) groups is 1. The lowest BCUT2D eigenvalue weighted by atomic mass is 10.1. The van der Waals surface area contributed by atoms with Crippen LogP contribution in [0.2, 0.25) is 0 Å². The van der Waals surface area contributed by atoms with Crippen LogP contribution in [0.4, 0.5) is 18.9 Å². The topological polar surface area (TPSA) is 60.0 Å². The summed E-state index contributed by atoms with van der Waals surface area (Å²) >= 11 is 0. The number of piperazine rings is 1. The molecule has 9 heteroatoms. The monoisotopic (exact) mass is 447 g/mol. The van der Waals surface area contributed by atoms with Crippen molar-refractivity contribution in [2.75, 3.05) is 51.7 Å². The Kier molecular flexibility index (Phi) is 7.61. The van der Waals surface area contributed by atoms with E-state index in [-0.39, 0.29) is 5.91 Å². The van der Waals surface area contributed by atoms with Crippen LogP contribution in [-0.2, 0) is 12.6 Å². The summed E-state index contributed by atoms with van der Waals surface area (Å²) in [5, 5.41) is 5.96. The number of guanidine groups is 1. The second kappa shape index (κ2) is 10.4. The van der Waals surface area contributed by atoms with Crippen molar-refractivity contribution in [3.63, 3.8) is 0 Å². The SMILES string of the molecule is CN=C(NCCc1cccc(C(=O)NC)c1)N1CCN(c2cccc(C(F)(F)F)c2)CC1. The highest BCUT2D eigenvalue weighted by atomic mass is 19.4. The minimum atomic E-state index is -4.34. The third kappa shape index (κ3) is 5.93. The molecule has 1 heterocycles. The summed E-state index contributed by atoms with van der Waals surface area (Å²) < 4.78 is 39.0. The van der Waals surface area contributed by atoms with E-state index in [9.17, 15) is 18.0 Å². The number of nitrogens with one attached hydrogen (secondary N) is 2. The van der Waals surface area contributed by atoms with E-state index in [0.717, 1.165) is 24.0 Å². The third-order valence-corrected chi connectivity index (χ3v) is 5.44. The van der Waals surface area contributed by atoms with Crippen LogP contribution in [-0.4, -0.2) is 63.6 Å². The van der Waals surface area contributed by atoms with E-state index in [0.29, 0.717) is 44.0 Å². The first kappa shape index (κ1) is 23.4.